The van der Waals surface area contributed by atoms with Crippen LogP contribution in [0.25, 0.3) is 10.9 Å². The van der Waals surface area contributed by atoms with E-state index in [4.69, 9.17) is 4.74 Å². The Hall–Kier alpha value is -3.92. The van der Waals surface area contributed by atoms with Crippen LogP contribution in [0.2, 0.25) is 0 Å². The Morgan fingerprint density at radius 2 is 1.94 bits per heavy atom. The Balaban J connectivity index is 1.30. The summed E-state index contributed by atoms with van der Waals surface area (Å²) < 4.78 is 6.47. The maximum atomic E-state index is 13.0. The molecule has 0 aliphatic carbocycles. The summed E-state index contributed by atoms with van der Waals surface area (Å²) in [6.07, 6.45) is 1.67. The lowest BCUT2D eigenvalue weighted by molar-refractivity contribution is -0.136. The third kappa shape index (κ3) is 5.70. The van der Waals surface area contributed by atoms with Crippen molar-refractivity contribution in [3.63, 3.8) is 0 Å². The summed E-state index contributed by atoms with van der Waals surface area (Å²) in [6, 6.07) is 14.1. The van der Waals surface area contributed by atoms with Crippen LogP contribution in [0.15, 0.2) is 53.3 Å². The molecule has 0 spiro atoms. The topological polar surface area (TPSA) is 132 Å². The average Bonchev–Trinajstić information content (AvgIpc) is 2.84. The van der Waals surface area contributed by atoms with Gasteiger partial charge in [0, 0.05) is 13.0 Å². The number of aromatic nitrogens is 3. The number of nitrogens with one attached hydrogen (secondary N) is 2. The van der Waals surface area contributed by atoms with Crippen LogP contribution in [0.4, 0.5) is 0 Å². The van der Waals surface area contributed by atoms with E-state index in [9.17, 15) is 19.2 Å². The molecule has 10 heteroatoms. The summed E-state index contributed by atoms with van der Waals surface area (Å²) in [7, 11) is 0. The number of piperidine rings is 1. The lowest BCUT2D eigenvalue weighted by Gasteiger charge is -2.21. The summed E-state index contributed by atoms with van der Waals surface area (Å²) in [5, 5.41) is 13.4. The monoisotopic (exact) mass is 463 g/mol. The first-order valence-electron chi connectivity index (χ1n) is 11.1. The molecule has 2 aromatic carbocycles. The number of ether oxygens (including phenoxy) is 1. The number of carbonyl (C=O) groups excluding carboxylic acids is 3. The van der Waals surface area contributed by atoms with Gasteiger partial charge >= 0.3 is 0 Å². The van der Waals surface area contributed by atoms with Crippen LogP contribution < -0.4 is 16.2 Å². The van der Waals surface area contributed by atoms with E-state index in [-0.39, 0.29) is 31.3 Å². The highest BCUT2D eigenvalue weighted by atomic mass is 16.5. The first-order chi connectivity index (χ1) is 16.5. The van der Waals surface area contributed by atoms with Gasteiger partial charge in [-0.1, -0.05) is 41.6 Å². The van der Waals surface area contributed by atoms with E-state index in [0.717, 1.165) is 15.8 Å². The molecule has 1 unspecified atom stereocenters. The Kier molecular flexibility index (Phi) is 7.38. The number of nitrogens with zero attached hydrogens (tertiary/aromatic N) is 3. The van der Waals surface area contributed by atoms with Crippen LogP contribution >= 0.6 is 0 Å². The minimum atomic E-state index is -0.856. The van der Waals surface area contributed by atoms with E-state index < -0.39 is 17.5 Å². The third-order valence-corrected chi connectivity index (χ3v) is 5.56. The van der Waals surface area contributed by atoms with Crippen LogP contribution in [0.5, 0.6) is 0 Å². The molecule has 4 rings (SSSR count). The van der Waals surface area contributed by atoms with Crippen molar-refractivity contribution >= 4 is 28.6 Å². The molecule has 1 atom stereocenters. The molecular weight excluding hydrogens is 438 g/mol. The van der Waals surface area contributed by atoms with E-state index in [2.05, 4.69) is 20.9 Å². The zero-order valence-electron chi connectivity index (χ0n) is 18.5. The predicted molar refractivity (Wildman–Crippen MR) is 123 cm³/mol. The number of imide groups is 1. The Bertz CT molecular complexity index is 1260. The van der Waals surface area contributed by atoms with E-state index in [1.165, 1.54) is 0 Å². The van der Waals surface area contributed by atoms with Crippen molar-refractivity contribution in [2.45, 2.75) is 38.3 Å². The molecule has 1 aliphatic rings. The van der Waals surface area contributed by atoms with Gasteiger partial charge in [0.05, 0.1) is 12.0 Å². The van der Waals surface area contributed by atoms with Crippen LogP contribution in [0.3, 0.4) is 0 Å². The highest BCUT2D eigenvalue weighted by Crippen LogP contribution is 2.17. The van der Waals surface area contributed by atoms with Crippen LogP contribution in [0.1, 0.15) is 36.4 Å². The summed E-state index contributed by atoms with van der Waals surface area (Å²) in [4.78, 5) is 48.4. The van der Waals surface area contributed by atoms with Crippen LogP contribution in [0, 0.1) is 0 Å². The van der Waals surface area contributed by atoms with Crippen LogP contribution in [-0.4, -0.2) is 45.9 Å². The standard InChI is InChI=1S/C24H25N5O5/c30-21-11-10-20(23(32)26-21)29-24(33)18-13-16(8-9-19(18)27-28-29)7-4-12-25-22(31)15-34-14-17-5-2-1-3-6-17/h1-3,5-6,8-9,13,20H,4,7,10-12,14-15H2,(H,25,31)(H,26,30,32). The Morgan fingerprint density at radius 1 is 1.12 bits per heavy atom. The van der Waals surface area contributed by atoms with Crippen molar-refractivity contribution in [2.24, 2.45) is 0 Å². The highest BCUT2D eigenvalue weighted by Gasteiger charge is 2.30. The molecular formula is C24H25N5O5. The summed E-state index contributed by atoms with van der Waals surface area (Å²) >= 11 is 0. The molecule has 176 valence electrons. The normalized spacial score (nSPS) is 15.8. The fourth-order valence-corrected chi connectivity index (χ4v) is 3.78. The van der Waals surface area contributed by atoms with Gasteiger partial charge in [0.25, 0.3) is 11.5 Å². The lowest BCUT2D eigenvalue weighted by Crippen LogP contribution is -2.45. The fourth-order valence-electron chi connectivity index (χ4n) is 3.78. The van der Waals surface area contributed by atoms with Crippen molar-refractivity contribution in [1.82, 2.24) is 25.6 Å². The molecule has 1 saturated heterocycles. The molecule has 1 aliphatic heterocycles. The average molecular weight is 463 g/mol. The van der Waals surface area contributed by atoms with Crippen molar-refractivity contribution in [3.05, 3.63) is 70.0 Å². The van der Waals surface area contributed by atoms with Gasteiger partial charge in [-0.3, -0.25) is 24.5 Å². The van der Waals surface area contributed by atoms with Crippen molar-refractivity contribution in [2.75, 3.05) is 13.2 Å². The molecule has 0 bridgehead atoms. The van der Waals surface area contributed by atoms with Gasteiger partial charge < -0.3 is 10.1 Å². The second-order valence-electron chi connectivity index (χ2n) is 8.09. The van der Waals surface area contributed by atoms with Gasteiger partial charge in [0.1, 0.15) is 18.2 Å². The summed E-state index contributed by atoms with van der Waals surface area (Å²) in [5.74, 6) is -1.09. The molecule has 0 radical (unpaired) electrons. The predicted octanol–water partition coefficient (Wildman–Crippen LogP) is 1.03. The number of rotatable bonds is 9. The molecule has 34 heavy (non-hydrogen) atoms. The van der Waals surface area contributed by atoms with E-state index in [0.29, 0.717) is 36.9 Å². The Labute approximate surface area is 195 Å². The van der Waals surface area contributed by atoms with E-state index in [1.54, 1.807) is 12.1 Å². The Morgan fingerprint density at radius 3 is 2.74 bits per heavy atom. The van der Waals surface area contributed by atoms with Crippen LogP contribution in [-0.2, 0) is 32.1 Å². The van der Waals surface area contributed by atoms with Gasteiger partial charge in [-0.15, -0.1) is 5.10 Å². The minimum absolute atomic E-state index is 0.0105. The molecule has 10 nitrogen and oxygen atoms in total. The SMILES string of the molecule is O=C(COCc1ccccc1)NCCCc1ccc2nnn(C3CCC(=O)NC3=O)c(=O)c2c1. The molecule has 3 aromatic rings. The largest absolute Gasteiger partial charge is 0.367 e. The van der Waals surface area contributed by atoms with Gasteiger partial charge in [-0.05, 0) is 42.5 Å². The zero-order chi connectivity index (χ0) is 23.9. The number of hydrogen-bond donors (Lipinski definition) is 2. The van der Waals surface area contributed by atoms with Gasteiger partial charge in [0.2, 0.25) is 11.8 Å². The highest BCUT2D eigenvalue weighted by molar-refractivity contribution is 5.99. The summed E-state index contributed by atoms with van der Waals surface area (Å²) in [5.41, 5.74) is 1.92. The number of aryl methyl sites for hydroxylation is 1. The first kappa shape index (κ1) is 23.2. The van der Waals surface area contributed by atoms with Crippen molar-refractivity contribution < 1.29 is 19.1 Å². The molecule has 2 N–H and O–H groups in total. The van der Waals surface area contributed by atoms with E-state index in [1.807, 2.05) is 36.4 Å². The number of fused-ring (bicyclic) bond motifs is 1. The molecule has 0 saturated carbocycles. The number of amides is 3. The van der Waals surface area contributed by atoms with E-state index >= 15 is 0 Å². The van der Waals surface area contributed by atoms with Gasteiger partial charge in [0.15, 0.2) is 0 Å². The fraction of sp³-hybridized carbons (Fsp3) is 0.333. The lowest BCUT2D eigenvalue weighted by atomic mass is 10.1. The van der Waals surface area contributed by atoms with Crippen molar-refractivity contribution in [3.8, 4) is 0 Å². The number of hydrogen-bond acceptors (Lipinski definition) is 7. The smallest absolute Gasteiger partial charge is 0.278 e. The van der Waals surface area contributed by atoms with Gasteiger partial charge in [-0.2, -0.15) is 4.68 Å². The minimum Gasteiger partial charge on any atom is -0.367 e. The zero-order valence-corrected chi connectivity index (χ0v) is 18.5. The first-order valence-corrected chi connectivity index (χ1v) is 11.1. The van der Waals surface area contributed by atoms with Crippen molar-refractivity contribution in [1.29, 1.82) is 0 Å². The molecule has 1 fully saturated rings. The second kappa shape index (κ2) is 10.8. The summed E-state index contributed by atoms with van der Waals surface area (Å²) in [6.45, 7) is 0.842. The maximum absolute atomic E-state index is 13.0. The van der Waals surface area contributed by atoms with Gasteiger partial charge in [-0.25, -0.2) is 0 Å². The molecule has 3 amide bonds. The molecule has 2 heterocycles. The number of carbonyl (C=O) groups is 3. The second-order valence-corrected chi connectivity index (χ2v) is 8.09. The quantitative estimate of drug-likeness (QED) is 0.358. The maximum Gasteiger partial charge on any atom is 0.278 e. The molecule has 1 aromatic heterocycles. The third-order valence-electron chi connectivity index (χ3n) is 5.56. The number of benzene rings is 2.